The molecule has 1 aromatic carbocycles. The van der Waals surface area contributed by atoms with E-state index in [9.17, 15) is 5.11 Å². The SMILES string of the molecule is OC(CNC1CCCOc2cc(Cl)ccc21)c1ccncc1. The Kier molecular flexibility index (Phi) is 4.93. The van der Waals surface area contributed by atoms with Crippen LogP contribution in [0.25, 0.3) is 0 Å². The number of nitrogens with one attached hydrogen (secondary N) is 1. The Bertz CT molecular complexity index is 621. The van der Waals surface area contributed by atoms with Gasteiger partial charge in [-0.05, 0) is 42.7 Å². The minimum atomic E-state index is -0.553. The summed E-state index contributed by atoms with van der Waals surface area (Å²) in [4.78, 5) is 3.97. The minimum absolute atomic E-state index is 0.159. The second-order valence-corrected chi connectivity index (χ2v) is 5.87. The molecule has 2 heterocycles. The van der Waals surface area contributed by atoms with Gasteiger partial charge in [-0.2, -0.15) is 0 Å². The van der Waals surface area contributed by atoms with Crippen LogP contribution in [0.15, 0.2) is 42.7 Å². The van der Waals surface area contributed by atoms with Gasteiger partial charge in [-0.25, -0.2) is 0 Å². The summed E-state index contributed by atoms with van der Waals surface area (Å²) in [6.07, 6.45) is 4.76. The van der Waals surface area contributed by atoms with Gasteiger partial charge >= 0.3 is 0 Å². The third-order valence-electron chi connectivity index (χ3n) is 3.89. The lowest BCUT2D eigenvalue weighted by Crippen LogP contribution is -2.26. The van der Waals surface area contributed by atoms with Gasteiger partial charge in [0.1, 0.15) is 5.75 Å². The normalized spacial score (nSPS) is 18.9. The Hall–Kier alpha value is -1.62. The van der Waals surface area contributed by atoms with Crippen LogP contribution in [0.3, 0.4) is 0 Å². The number of rotatable bonds is 4. The van der Waals surface area contributed by atoms with Crippen LogP contribution in [-0.2, 0) is 0 Å². The number of halogens is 1. The first kappa shape index (κ1) is 15.3. The zero-order valence-electron chi connectivity index (χ0n) is 12.2. The van der Waals surface area contributed by atoms with Gasteiger partial charge in [-0.1, -0.05) is 17.7 Å². The molecule has 0 amide bonds. The van der Waals surface area contributed by atoms with Crippen LogP contribution in [0.2, 0.25) is 5.02 Å². The molecule has 5 heteroatoms. The summed E-state index contributed by atoms with van der Waals surface area (Å²) in [6.45, 7) is 1.18. The van der Waals surface area contributed by atoms with Gasteiger partial charge in [0.15, 0.2) is 0 Å². The predicted octanol–water partition coefficient (Wildman–Crippen LogP) is 3.27. The Morgan fingerprint density at radius 3 is 2.95 bits per heavy atom. The van der Waals surface area contributed by atoms with Crippen LogP contribution in [0, 0.1) is 0 Å². The van der Waals surface area contributed by atoms with E-state index >= 15 is 0 Å². The van der Waals surface area contributed by atoms with Crippen LogP contribution in [0.1, 0.15) is 36.1 Å². The molecule has 1 aliphatic rings. The van der Waals surface area contributed by atoms with E-state index in [0.29, 0.717) is 18.2 Å². The van der Waals surface area contributed by atoms with E-state index < -0.39 is 6.10 Å². The lowest BCUT2D eigenvalue weighted by atomic mass is 10.0. The molecular weight excluding hydrogens is 300 g/mol. The van der Waals surface area contributed by atoms with Crippen molar-refractivity contribution in [1.29, 1.82) is 0 Å². The van der Waals surface area contributed by atoms with Crippen LogP contribution < -0.4 is 10.1 Å². The van der Waals surface area contributed by atoms with Gasteiger partial charge in [0.05, 0.1) is 12.7 Å². The molecule has 2 atom stereocenters. The molecule has 1 aromatic heterocycles. The summed E-state index contributed by atoms with van der Waals surface area (Å²) < 4.78 is 5.76. The number of aromatic nitrogens is 1. The molecule has 4 nitrogen and oxygen atoms in total. The second-order valence-electron chi connectivity index (χ2n) is 5.43. The molecule has 0 saturated carbocycles. The highest BCUT2D eigenvalue weighted by atomic mass is 35.5. The fraction of sp³-hybridized carbons (Fsp3) is 0.353. The molecule has 116 valence electrons. The first-order chi connectivity index (χ1) is 10.7. The molecule has 0 saturated heterocycles. The van der Waals surface area contributed by atoms with E-state index in [1.54, 1.807) is 12.4 Å². The van der Waals surface area contributed by atoms with E-state index in [0.717, 1.165) is 29.7 Å². The van der Waals surface area contributed by atoms with Crippen LogP contribution in [0.4, 0.5) is 0 Å². The van der Waals surface area contributed by atoms with Gasteiger partial charge in [0.25, 0.3) is 0 Å². The van der Waals surface area contributed by atoms with Crippen molar-refractivity contribution >= 4 is 11.6 Å². The molecule has 0 bridgehead atoms. The van der Waals surface area contributed by atoms with Crippen molar-refractivity contribution in [1.82, 2.24) is 10.3 Å². The van der Waals surface area contributed by atoms with E-state index in [4.69, 9.17) is 16.3 Å². The molecule has 0 fully saturated rings. The molecule has 2 unspecified atom stereocenters. The highest BCUT2D eigenvalue weighted by Gasteiger charge is 2.20. The van der Waals surface area contributed by atoms with Gasteiger partial charge in [-0.15, -0.1) is 0 Å². The maximum absolute atomic E-state index is 10.3. The van der Waals surface area contributed by atoms with Crippen LogP contribution >= 0.6 is 11.6 Å². The topological polar surface area (TPSA) is 54.4 Å². The number of nitrogens with zero attached hydrogens (tertiary/aromatic N) is 1. The smallest absolute Gasteiger partial charge is 0.125 e. The molecular formula is C17H19ClN2O2. The zero-order valence-corrected chi connectivity index (χ0v) is 13.0. The Morgan fingerprint density at radius 1 is 1.32 bits per heavy atom. The quantitative estimate of drug-likeness (QED) is 0.908. The Labute approximate surface area is 135 Å². The van der Waals surface area contributed by atoms with Crippen LogP contribution in [-0.4, -0.2) is 23.2 Å². The maximum Gasteiger partial charge on any atom is 0.125 e. The summed E-state index contributed by atoms with van der Waals surface area (Å²) in [5.74, 6) is 0.834. The zero-order chi connectivity index (χ0) is 15.4. The highest BCUT2D eigenvalue weighted by molar-refractivity contribution is 6.30. The van der Waals surface area contributed by atoms with Crippen molar-refractivity contribution in [2.45, 2.75) is 25.0 Å². The third-order valence-corrected chi connectivity index (χ3v) is 4.13. The van der Waals surface area contributed by atoms with Crippen molar-refractivity contribution < 1.29 is 9.84 Å². The molecule has 2 N–H and O–H groups in total. The van der Waals surface area contributed by atoms with Crippen molar-refractivity contribution in [2.24, 2.45) is 0 Å². The lowest BCUT2D eigenvalue weighted by Gasteiger charge is -2.21. The number of hydrogen-bond donors (Lipinski definition) is 2. The Balaban J connectivity index is 1.70. The largest absolute Gasteiger partial charge is 0.493 e. The molecule has 1 aliphatic heterocycles. The number of fused-ring (bicyclic) bond motifs is 1. The number of aliphatic hydroxyl groups excluding tert-OH is 1. The van der Waals surface area contributed by atoms with E-state index in [1.807, 2.05) is 30.3 Å². The first-order valence-corrected chi connectivity index (χ1v) is 7.85. The van der Waals surface area contributed by atoms with Gasteiger partial charge in [0.2, 0.25) is 0 Å². The molecule has 22 heavy (non-hydrogen) atoms. The van der Waals surface area contributed by atoms with E-state index in [2.05, 4.69) is 10.3 Å². The lowest BCUT2D eigenvalue weighted by molar-refractivity contribution is 0.169. The standard InChI is InChI=1S/C17H19ClN2O2/c18-13-3-4-14-15(2-1-9-22-17(14)10-13)20-11-16(21)12-5-7-19-8-6-12/h3-8,10,15-16,20-21H,1-2,9,11H2. The molecule has 0 spiro atoms. The van der Waals surface area contributed by atoms with Gasteiger partial charge in [0, 0.05) is 35.6 Å². The first-order valence-electron chi connectivity index (χ1n) is 7.47. The molecule has 2 aromatic rings. The minimum Gasteiger partial charge on any atom is -0.493 e. The van der Waals surface area contributed by atoms with E-state index in [1.165, 1.54) is 0 Å². The molecule has 0 aliphatic carbocycles. The molecule has 3 rings (SSSR count). The maximum atomic E-state index is 10.3. The number of ether oxygens (including phenoxy) is 1. The summed E-state index contributed by atoms with van der Waals surface area (Å²) in [6, 6.07) is 9.55. The van der Waals surface area contributed by atoms with Crippen LogP contribution in [0.5, 0.6) is 5.75 Å². The van der Waals surface area contributed by atoms with Gasteiger partial charge < -0.3 is 15.2 Å². The van der Waals surface area contributed by atoms with Crippen molar-refractivity contribution in [3.05, 3.63) is 58.9 Å². The highest BCUT2D eigenvalue weighted by Crippen LogP contribution is 2.33. The fourth-order valence-corrected chi connectivity index (χ4v) is 2.88. The second kappa shape index (κ2) is 7.09. The number of aliphatic hydroxyl groups is 1. The summed E-state index contributed by atoms with van der Waals surface area (Å²) in [5.41, 5.74) is 1.97. The fourth-order valence-electron chi connectivity index (χ4n) is 2.72. The monoisotopic (exact) mass is 318 g/mol. The summed E-state index contributed by atoms with van der Waals surface area (Å²) in [5, 5.41) is 14.4. The average Bonchev–Trinajstić information content (AvgIpc) is 2.75. The predicted molar refractivity (Wildman–Crippen MR) is 86.1 cm³/mol. The number of pyridine rings is 1. The average molecular weight is 319 g/mol. The Morgan fingerprint density at radius 2 is 2.14 bits per heavy atom. The van der Waals surface area contributed by atoms with Crippen molar-refractivity contribution in [3.8, 4) is 5.75 Å². The third kappa shape index (κ3) is 3.58. The van der Waals surface area contributed by atoms with Crippen molar-refractivity contribution in [3.63, 3.8) is 0 Å². The van der Waals surface area contributed by atoms with Gasteiger partial charge in [-0.3, -0.25) is 4.98 Å². The summed E-state index contributed by atoms with van der Waals surface area (Å²) >= 11 is 6.04. The van der Waals surface area contributed by atoms with Crippen molar-refractivity contribution in [2.75, 3.05) is 13.2 Å². The van der Waals surface area contributed by atoms with E-state index in [-0.39, 0.29) is 6.04 Å². The number of benzene rings is 1. The summed E-state index contributed by atoms with van der Waals surface area (Å²) in [7, 11) is 0. The molecule has 0 radical (unpaired) electrons. The number of hydrogen-bond acceptors (Lipinski definition) is 4.